The second-order valence-corrected chi connectivity index (χ2v) is 6.35. The van der Waals surface area contributed by atoms with E-state index in [0.717, 1.165) is 16.6 Å². The molecule has 0 radical (unpaired) electrons. The maximum atomic E-state index is 12.6. The largest absolute Gasteiger partial charge is 0.481 e. The first kappa shape index (κ1) is 17.7. The zero-order chi connectivity index (χ0) is 18.5. The summed E-state index contributed by atoms with van der Waals surface area (Å²) in [5.41, 5.74) is 3.28. The summed E-state index contributed by atoms with van der Waals surface area (Å²) in [5, 5.41) is 11.9. The molecule has 3 aromatic rings. The van der Waals surface area contributed by atoms with Crippen LogP contribution in [0.1, 0.15) is 28.8 Å². The first-order valence-electron chi connectivity index (χ1n) is 8.50. The number of nitrogens with one attached hydrogen (secondary N) is 1. The average Bonchev–Trinajstić information content (AvgIpc) is 3.01. The van der Waals surface area contributed by atoms with Crippen molar-refractivity contribution in [3.8, 4) is 0 Å². The average molecular weight is 351 g/mol. The van der Waals surface area contributed by atoms with Gasteiger partial charge >= 0.3 is 5.97 Å². The van der Waals surface area contributed by atoms with Gasteiger partial charge in [0.05, 0.1) is 17.4 Å². The van der Waals surface area contributed by atoms with Gasteiger partial charge in [-0.3, -0.25) is 9.59 Å². The predicted molar refractivity (Wildman–Crippen MR) is 99.0 cm³/mol. The molecule has 6 heteroatoms. The molecule has 3 rings (SSSR count). The molecule has 1 aromatic heterocycles. The Morgan fingerprint density at radius 2 is 1.96 bits per heavy atom. The van der Waals surface area contributed by atoms with Crippen LogP contribution in [0.2, 0.25) is 0 Å². The van der Waals surface area contributed by atoms with Crippen molar-refractivity contribution in [2.75, 3.05) is 0 Å². The van der Waals surface area contributed by atoms with E-state index < -0.39 is 5.97 Å². The van der Waals surface area contributed by atoms with Crippen LogP contribution in [0.25, 0.3) is 11.0 Å². The van der Waals surface area contributed by atoms with Crippen LogP contribution in [0.4, 0.5) is 0 Å². The SMILES string of the molecule is Cn1cnc2cc(C(=O)NC(CCC(=O)O)Cc3ccccc3)ccc21. The van der Waals surface area contributed by atoms with Gasteiger partial charge in [0.1, 0.15) is 0 Å². The number of carbonyl (C=O) groups is 2. The van der Waals surface area contributed by atoms with Crippen LogP contribution in [0.15, 0.2) is 54.9 Å². The Morgan fingerprint density at radius 3 is 2.69 bits per heavy atom. The highest BCUT2D eigenvalue weighted by atomic mass is 16.4. The Labute approximate surface area is 151 Å². The van der Waals surface area contributed by atoms with Gasteiger partial charge in [-0.1, -0.05) is 30.3 Å². The van der Waals surface area contributed by atoms with Gasteiger partial charge in [0.15, 0.2) is 0 Å². The number of carbonyl (C=O) groups excluding carboxylic acids is 1. The number of nitrogens with zero attached hydrogens (tertiary/aromatic N) is 2. The molecular weight excluding hydrogens is 330 g/mol. The number of carboxylic acids is 1. The summed E-state index contributed by atoms with van der Waals surface area (Å²) in [5.74, 6) is -1.09. The highest BCUT2D eigenvalue weighted by Gasteiger charge is 2.16. The molecule has 26 heavy (non-hydrogen) atoms. The number of imidazole rings is 1. The van der Waals surface area contributed by atoms with Gasteiger partial charge in [0, 0.05) is 25.1 Å². The highest BCUT2D eigenvalue weighted by molar-refractivity contribution is 5.97. The fourth-order valence-electron chi connectivity index (χ4n) is 2.97. The number of fused-ring (bicyclic) bond motifs is 1. The lowest BCUT2D eigenvalue weighted by Crippen LogP contribution is -2.36. The number of benzene rings is 2. The number of rotatable bonds is 7. The van der Waals surface area contributed by atoms with Crippen LogP contribution in [-0.4, -0.2) is 32.6 Å². The van der Waals surface area contributed by atoms with Gasteiger partial charge in [-0.25, -0.2) is 4.98 Å². The molecule has 2 N–H and O–H groups in total. The molecule has 1 heterocycles. The van der Waals surface area contributed by atoms with Gasteiger partial charge in [0.25, 0.3) is 5.91 Å². The van der Waals surface area contributed by atoms with Crippen molar-refractivity contribution in [1.29, 1.82) is 0 Å². The summed E-state index contributed by atoms with van der Waals surface area (Å²) in [6.07, 6.45) is 2.68. The fraction of sp³-hybridized carbons (Fsp3) is 0.250. The third kappa shape index (κ3) is 4.27. The standard InChI is InChI=1S/C20H21N3O3/c1-23-13-21-17-12-15(7-9-18(17)23)20(26)22-16(8-10-19(24)25)11-14-5-3-2-4-6-14/h2-7,9,12-13,16H,8,10-11H2,1H3,(H,22,26)(H,24,25). The van der Waals surface area contributed by atoms with E-state index in [0.29, 0.717) is 18.4 Å². The van der Waals surface area contributed by atoms with Crippen LogP contribution >= 0.6 is 0 Å². The van der Waals surface area contributed by atoms with E-state index in [4.69, 9.17) is 5.11 Å². The van der Waals surface area contributed by atoms with Gasteiger partial charge in [-0.05, 0) is 36.6 Å². The lowest BCUT2D eigenvalue weighted by molar-refractivity contribution is -0.137. The number of carboxylic acid groups (broad SMARTS) is 1. The van der Waals surface area contributed by atoms with Crippen molar-refractivity contribution in [3.63, 3.8) is 0 Å². The van der Waals surface area contributed by atoms with Gasteiger partial charge in [-0.2, -0.15) is 0 Å². The van der Waals surface area contributed by atoms with E-state index in [9.17, 15) is 9.59 Å². The summed E-state index contributed by atoms with van der Waals surface area (Å²) >= 11 is 0. The molecule has 0 spiro atoms. The minimum absolute atomic E-state index is 0.0110. The molecule has 0 fully saturated rings. The Morgan fingerprint density at radius 1 is 1.19 bits per heavy atom. The smallest absolute Gasteiger partial charge is 0.303 e. The first-order chi connectivity index (χ1) is 12.5. The second kappa shape index (κ2) is 7.82. The molecule has 0 saturated carbocycles. The molecule has 0 aliphatic rings. The second-order valence-electron chi connectivity index (χ2n) is 6.35. The van der Waals surface area contributed by atoms with E-state index in [1.54, 1.807) is 18.5 Å². The highest BCUT2D eigenvalue weighted by Crippen LogP contribution is 2.15. The molecule has 0 aliphatic carbocycles. The number of aliphatic carboxylic acids is 1. The van der Waals surface area contributed by atoms with Gasteiger partial charge in [-0.15, -0.1) is 0 Å². The molecular formula is C20H21N3O3. The monoisotopic (exact) mass is 351 g/mol. The topological polar surface area (TPSA) is 84.2 Å². The fourth-order valence-corrected chi connectivity index (χ4v) is 2.97. The Bertz CT molecular complexity index is 918. The Kier molecular flexibility index (Phi) is 5.31. The zero-order valence-electron chi connectivity index (χ0n) is 14.6. The van der Waals surface area contributed by atoms with Crippen LogP contribution in [0.5, 0.6) is 0 Å². The van der Waals surface area contributed by atoms with Crippen molar-refractivity contribution in [2.45, 2.75) is 25.3 Å². The minimum Gasteiger partial charge on any atom is -0.481 e. The molecule has 1 atom stereocenters. The summed E-state index contributed by atoms with van der Waals surface area (Å²) in [7, 11) is 1.90. The van der Waals surface area contributed by atoms with Crippen LogP contribution in [0, 0.1) is 0 Å². The van der Waals surface area contributed by atoms with E-state index >= 15 is 0 Å². The number of amides is 1. The number of hydrogen-bond acceptors (Lipinski definition) is 3. The number of hydrogen-bond donors (Lipinski definition) is 2. The van der Waals surface area contributed by atoms with E-state index in [2.05, 4.69) is 10.3 Å². The number of aromatic nitrogens is 2. The normalized spacial score (nSPS) is 12.0. The molecule has 6 nitrogen and oxygen atoms in total. The third-order valence-electron chi connectivity index (χ3n) is 4.35. The first-order valence-corrected chi connectivity index (χ1v) is 8.50. The summed E-state index contributed by atoms with van der Waals surface area (Å²) in [6, 6.07) is 14.9. The minimum atomic E-state index is -0.868. The lowest BCUT2D eigenvalue weighted by Gasteiger charge is -2.18. The van der Waals surface area contributed by atoms with Crippen molar-refractivity contribution in [1.82, 2.24) is 14.9 Å². The van der Waals surface area contributed by atoms with Crippen LogP contribution < -0.4 is 5.32 Å². The van der Waals surface area contributed by atoms with Crippen molar-refractivity contribution in [3.05, 3.63) is 66.0 Å². The molecule has 1 unspecified atom stereocenters. The van der Waals surface area contributed by atoms with E-state index in [1.165, 1.54) is 0 Å². The van der Waals surface area contributed by atoms with Crippen LogP contribution in [-0.2, 0) is 18.3 Å². The quantitative estimate of drug-likeness (QED) is 0.685. The zero-order valence-corrected chi connectivity index (χ0v) is 14.6. The Hall–Kier alpha value is -3.15. The van der Waals surface area contributed by atoms with Gasteiger partial charge in [0.2, 0.25) is 0 Å². The van der Waals surface area contributed by atoms with Crippen molar-refractivity contribution >= 4 is 22.9 Å². The molecule has 1 amide bonds. The van der Waals surface area contributed by atoms with E-state index in [1.807, 2.05) is 48.0 Å². The maximum absolute atomic E-state index is 12.6. The van der Waals surface area contributed by atoms with Crippen molar-refractivity contribution in [2.24, 2.45) is 7.05 Å². The van der Waals surface area contributed by atoms with Crippen molar-refractivity contribution < 1.29 is 14.7 Å². The summed E-state index contributed by atoms with van der Waals surface area (Å²) < 4.78 is 1.89. The molecule has 0 bridgehead atoms. The predicted octanol–water partition coefficient (Wildman–Crippen LogP) is 2.78. The summed E-state index contributed by atoms with van der Waals surface area (Å²) in [4.78, 5) is 27.9. The maximum Gasteiger partial charge on any atom is 0.303 e. The molecule has 2 aromatic carbocycles. The van der Waals surface area contributed by atoms with E-state index in [-0.39, 0.29) is 18.4 Å². The molecule has 0 aliphatic heterocycles. The third-order valence-corrected chi connectivity index (χ3v) is 4.35. The number of aryl methyl sites for hydroxylation is 1. The Balaban J connectivity index is 1.74. The van der Waals surface area contributed by atoms with Crippen LogP contribution in [0.3, 0.4) is 0 Å². The lowest BCUT2D eigenvalue weighted by atomic mass is 10.0. The molecule has 134 valence electrons. The van der Waals surface area contributed by atoms with Gasteiger partial charge < -0.3 is 15.0 Å². The molecule has 0 saturated heterocycles. The summed E-state index contributed by atoms with van der Waals surface area (Å²) in [6.45, 7) is 0.